The van der Waals surface area contributed by atoms with Crippen molar-refractivity contribution >= 4 is 28.2 Å². The second kappa shape index (κ2) is 7.67. The first-order valence-electron chi connectivity index (χ1n) is 8.08. The van der Waals surface area contributed by atoms with Crippen LogP contribution in [0.25, 0.3) is 0 Å². The van der Waals surface area contributed by atoms with Gasteiger partial charge in [-0.25, -0.2) is 9.97 Å². The van der Waals surface area contributed by atoms with Gasteiger partial charge in [-0.05, 0) is 26.3 Å². The van der Waals surface area contributed by atoms with Crippen LogP contribution < -0.4 is 10.6 Å². The molecule has 1 unspecified atom stereocenters. The fraction of sp³-hybridized carbons (Fsp3) is 0.500. The first-order chi connectivity index (χ1) is 11.7. The number of amides is 1. The summed E-state index contributed by atoms with van der Waals surface area (Å²) in [4.78, 5) is 27.3. The van der Waals surface area contributed by atoms with Crippen LogP contribution in [-0.4, -0.2) is 52.4 Å². The number of likely N-dealkylation sites (N-methyl/N-ethyl adjacent to an activating group) is 1. The number of anilines is 2. The molecule has 24 heavy (non-hydrogen) atoms. The molecule has 7 nitrogen and oxygen atoms in total. The van der Waals surface area contributed by atoms with Gasteiger partial charge in [0.2, 0.25) is 5.91 Å². The molecule has 8 heteroatoms. The average Bonchev–Trinajstić information content (AvgIpc) is 3.00. The molecule has 2 aromatic heterocycles. The predicted molar refractivity (Wildman–Crippen MR) is 94.6 cm³/mol. The van der Waals surface area contributed by atoms with E-state index in [9.17, 15) is 4.79 Å². The Morgan fingerprint density at radius 2 is 2.25 bits per heavy atom. The van der Waals surface area contributed by atoms with E-state index in [1.807, 2.05) is 12.3 Å². The van der Waals surface area contributed by atoms with Crippen molar-refractivity contribution in [2.75, 3.05) is 32.0 Å². The predicted octanol–water partition coefficient (Wildman–Crippen LogP) is 1.91. The van der Waals surface area contributed by atoms with Crippen LogP contribution in [0.2, 0.25) is 0 Å². The SMILES string of the molecule is CNC(=O)CN1CCCC(c2nccnc2Nc2nc(C)cs2)C1. The Morgan fingerprint density at radius 1 is 1.42 bits per heavy atom. The Morgan fingerprint density at radius 3 is 3.00 bits per heavy atom. The highest BCUT2D eigenvalue weighted by atomic mass is 32.1. The van der Waals surface area contributed by atoms with Crippen molar-refractivity contribution in [1.29, 1.82) is 0 Å². The van der Waals surface area contributed by atoms with E-state index in [-0.39, 0.29) is 11.8 Å². The van der Waals surface area contributed by atoms with Crippen LogP contribution in [0.3, 0.4) is 0 Å². The number of hydrogen-bond donors (Lipinski definition) is 2. The van der Waals surface area contributed by atoms with Crippen molar-refractivity contribution in [3.63, 3.8) is 0 Å². The van der Waals surface area contributed by atoms with E-state index in [0.717, 1.165) is 48.3 Å². The molecule has 0 spiro atoms. The molecule has 3 heterocycles. The molecule has 1 fully saturated rings. The van der Waals surface area contributed by atoms with Crippen LogP contribution in [0.15, 0.2) is 17.8 Å². The van der Waals surface area contributed by atoms with Gasteiger partial charge in [0.1, 0.15) is 0 Å². The Kier molecular flexibility index (Phi) is 5.37. The second-order valence-electron chi connectivity index (χ2n) is 5.96. The highest BCUT2D eigenvalue weighted by Crippen LogP contribution is 2.31. The normalized spacial score (nSPS) is 18.3. The molecule has 0 bridgehead atoms. The first-order valence-corrected chi connectivity index (χ1v) is 8.96. The fourth-order valence-corrected chi connectivity index (χ4v) is 3.65. The van der Waals surface area contributed by atoms with E-state index in [1.165, 1.54) is 0 Å². The fourth-order valence-electron chi connectivity index (χ4n) is 2.96. The van der Waals surface area contributed by atoms with Gasteiger partial charge in [-0.3, -0.25) is 14.7 Å². The minimum Gasteiger partial charge on any atom is -0.358 e. The summed E-state index contributed by atoms with van der Waals surface area (Å²) in [5.41, 5.74) is 1.94. The Bertz CT molecular complexity index is 703. The summed E-state index contributed by atoms with van der Waals surface area (Å²) in [5.74, 6) is 1.07. The Labute approximate surface area is 145 Å². The first kappa shape index (κ1) is 16.8. The summed E-state index contributed by atoms with van der Waals surface area (Å²) >= 11 is 1.56. The van der Waals surface area contributed by atoms with Crippen LogP contribution in [0.4, 0.5) is 10.9 Å². The van der Waals surface area contributed by atoms with Crippen molar-refractivity contribution in [2.24, 2.45) is 0 Å². The quantitative estimate of drug-likeness (QED) is 0.860. The molecular formula is C16H22N6OS. The molecule has 1 atom stereocenters. The number of likely N-dealkylation sites (tertiary alicyclic amines) is 1. The largest absolute Gasteiger partial charge is 0.358 e. The maximum Gasteiger partial charge on any atom is 0.233 e. The van der Waals surface area contributed by atoms with E-state index in [2.05, 4.69) is 30.5 Å². The van der Waals surface area contributed by atoms with Gasteiger partial charge in [0.05, 0.1) is 17.9 Å². The highest BCUT2D eigenvalue weighted by Gasteiger charge is 2.26. The minimum absolute atomic E-state index is 0.0476. The Hall–Kier alpha value is -2.06. The molecule has 0 saturated carbocycles. The molecular weight excluding hydrogens is 324 g/mol. The van der Waals surface area contributed by atoms with Crippen LogP contribution >= 0.6 is 11.3 Å². The lowest BCUT2D eigenvalue weighted by molar-refractivity contribution is -0.122. The third-order valence-corrected chi connectivity index (χ3v) is 4.98. The molecule has 2 N–H and O–H groups in total. The van der Waals surface area contributed by atoms with E-state index >= 15 is 0 Å². The van der Waals surface area contributed by atoms with Crippen LogP contribution in [0.1, 0.15) is 30.1 Å². The minimum atomic E-state index is 0.0476. The summed E-state index contributed by atoms with van der Waals surface area (Å²) < 4.78 is 0. The van der Waals surface area contributed by atoms with Gasteiger partial charge < -0.3 is 10.6 Å². The zero-order valence-electron chi connectivity index (χ0n) is 14.0. The van der Waals surface area contributed by atoms with E-state index < -0.39 is 0 Å². The number of carbonyl (C=O) groups excluding carboxylic acids is 1. The third kappa shape index (κ3) is 4.07. The van der Waals surface area contributed by atoms with Crippen LogP contribution in [0, 0.1) is 6.92 Å². The van der Waals surface area contributed by atoms with Crippen molar-refractivity contribution in [2.45, 2.75) is 25.7 Å². The summed E-state index contributed by atoms with van der Waals surface area (Å²) in [5, 5.41) is 8.81. The third-order valence-electron chi connectivity index (χ3n) is 4.11. The van der Waals surface area contributed by atoms with E-state index in [0.29, 0.717) is 6.54 Å². The lowest BCUT2D eigenvalue weighted by Gasteiger charge is -2.32. The van der Waals surface area contributed by atoms with Gasteiger partial charge in [-0.15, -0.1) is 11.3 Å². The summed E-state index contributed by atoms with van der Waals surface area (Å²) in [6.45, 7) is 4.16. The molecule has 2 aromatic rings. The lowest BCUT2D eigenvalue weighted by Crippen LogP contribution is -2.41. The van der Waals surface area contributed by atoms with Crippen LogP contribution in [-0.2, 0) is 4.79 Å². The monoisotopic (exact) mass is 346 g/mol. The number of nitrogens with zero attached hydrogens (tertiary/aromatic N) is 4. The number of thiazole rings is 1. The van der Waals surface area contributed by atoms with Gasteiger partial charge in [0.15, 0.2) is 10.9 Å². The van der Waals surface area contributed by atoms with Crippen molar-refractivity contribution in [1.82, 2.24) is 25.2 Å². The maximum absolute atomic E-state index is 11.6. The van der Waals surface area contributed by atoms with Gasteiger partial charge in [0.25, 0.3) is 0 Å². The average molecular weight is 346 g/mol. The maximum atomic E-state index is 11.6. The molecule has 1 aliphatic heterocycles. The van der Waals surface area contributed by atoms with E-state index in [1.54, 1.807) is 30.8 Å². The summed E-state index contributed by atoms with van der Waals surface area (Å²) in [6, 6.07) is 0. The number of carbonyl (C=O) groups is 1. The van der Waals surface area contributed by atoms with Crippen LogP contribution in [0.5, 0.6) is 0 Å². The number of piperidine rings is 1. The molecule has 128 valence electrons. The number of rotatable bonds is 5. The smallest absolute Gasteiger partial charge is 0.233 e. The topological polar surface area (TPSA) is 83.0 Å². The zero-order chi connectivity index (χ0) is 16.9. The summed E-state index contributed by atoms with van der Waals surface area (Å²) in [7, 11) is 1.67. The lowest BCUT2D eigenvalue weighted by atomic mass is 9.94. The van der Waals surface area contributed by atoms with Crippen molar-refractivity contribution in [3.05, 3.63) is 29.2 Å². The molecule has 0 radical (unpaired) electrons. The van der Waals surface area contributed by atoms with Gasteiger partial charge in [0, 0.05) is 37.3 Å². The number of nitrogens with one attached hydrogen (secondary N) is 2. The van der Waals surface area contributed by atoms with Crippen molar-refractivity contribution in [3.8, 4) is 0 Å². The molecule has 0 aliphatic carbocycles. The molecule has 1 amide bonds. The van der Waals surface area contributed by atoms with E-state index in [4.69, 9.17) is 0 Å². The Balaban J connectivity index is 1.75. The molecule has 1 saturated heterocycles. The standard InChI is InChI=1S/C16H22N6OS/c1-11-10-24-16(20-11)21-15-14(18-5-6-19-15)12-4-3-7-22(8-12)9-13(23)17-2/h5-6,10,12H,3-4,7-9H2,1-2H3,(H,17,23)(H,19,20,21). The molecule has 3 rings (SSSR count). The van der Waals surface area contributed by atoms with Gasteiger partial charge in [-0.1, -0.05) is 0 Å². The summed E-state index contributed by atoms with van der Waals surface area (Å²) in [6.07, 6.45) is 5.52. The number of aromatic nitrogens is 3. The zero-order valence-corrected chi connectivity index (χ0v) is 14.8. The number of hydrogen-bond acceptors (Lipinski definition) is 7. The van der Waals surface area contributed by atoms with Crippen molar-refractivity contribution < 1.29 is 4.79 Å². The second-order valence-corrected chi connectivity index (χ2v) is 6.81. The number of aryl methyl sites for hydroxylation is 1. The molecule has 0 aromatic carbocycles. The molecule has 1 aliphatic rings. The van der Waals surface area contributed by atoms with Gasteiger partial charge >= 0.3 is 0 Å². The highest BCUT2D eigenvalue weighted by molar-refractivity contribution is 7.13. The van der Waals surface area contributed by atoms with Gasteiger partial charge in [-0.2, -0.15) is 0 Å².